The molecule has 0 spiro atoms. The number of carbonyl (C=O) groups excluding carboxylic acids is 2. The molecule has 1 atom stereocenters. The molecular formula is C7H12O4S. The predicted molar refractivity (Wildman–Crippen MR) is 46.0 cm³/mol. The van der Waals surface area contributed by atoms with Gasteiger partial charge in [0.15, 0.2) is 11.2 Å². The molecule has 0 saturated carbocycles. The van der Waals surface area contributed by atoms with E-state index >= 15 is 0 Å². The summed E-state index contributed by atoms with van der Waals surface area (Å²) in [5.74, 6) is -0.148. The van der Waals surface area contributed by atoms with E-state index < -0.39 is 12.1 Å². The molecule has 0 heterocycles. The van der Waals surface area contributed by atoms with Gasteiger partial charge in [0.25, 0.3) is 0 Å². The Hall–Kier alpha value is -0.550. The van der Waals surface area contributed by atoms with Crippen LogP contribution in [0.2, 0.25) is 0 Å². The Labute approximate surface area is 75.6 Å². The number of rotatable bonds is 4. The maximum absolute atomic E-state index is 10.9. The van der Waals surface area contributed by atoms with Gasteiger partial charge in [-0.3, -0.25) is 4.79 Å². The molecule has 0 bridgehead atoms. The lowest BCUT2D eigenvalue weighted by Crippen LogP contribution is -2.27. The summed E-state index contributed by atoms with van der Waals surface area (Å²) >= 11 is 1.04. The monoisotopic (exact) mass is 192 g/mol. The molecule has 0 radical (unpaired) electrons. The Morgan fingerprint density at radius 1 is 1.42 bits per heavy atom. The van der Waals surface area contributed by atoms with E-state index in [1.54, 1.807) is 0 Å². The third-order valence-corrected chi connectivity index (χ3v) is 2.06. The molecule has 70 valence electrons. The first-order valence-corrected chi connectivity index (χ1v) is 4.34. The van der Waals surface area contributed by atoms with Crippen molar-refractivity contribution in [3.63, 3.8) is 0 Å². The van der Waals surface area contributed by atoms with Crippen molar-refractivity contribution in [3.8, 4) is 0 Å². The molecular weight excluding hydrogens is 180 g/mol. The lowest BCUT2D eigenvalue weighted by Gasteiger charge is -2.10. The summed E-state index contributed by atoms with van der Waals surface area (Å²) in [6.45, 7) is 1.44. The summed E-state index contributed by atoms with van der Waals surface area (Å²) in [4.78, 5) is 21.4. The zero-order chi connectivity index (χ0) is 9.56. The summed E-state index contributed by atoms with van der Waals surface area (Å²) in [6, 6.07) is 0. The Morgan fingerprint density at radius 2 is 2.00 bits per heavy atom. The molecule has 0 aromatic carbocycles. The lowest BCUT2D eigenvalue weighted by atomic mass is 10.4. The summed E-state index contributed by atoms with van der Waals surface area (Å²) in [5, 5.41) is -0.0408. The molecule has 0 aliphatic carbocycles. The SMILES string of the molecule is COC(=O)[C@@H](CSC(C)=O)OC. The second-order valence-corrected chi connectivity index (χ2v) is 3.25. The van der Waals surface area contributed by atoms with E-state index in [1.165, 1.54) is 21.1 Å². The predicted octanol–water partition coefficient (Wildman–Crippen LogP) is 0.454. The zero-order valence-corrected chi connectivity index (χ0v) is 8.14. The van der Waals surface area contributed by atoms with Crippen molar-refractivity contribution in [3.05, 3.63) is 0 Å². The summed E-state index contributed by atoms with van der Waals surface area (Å²) in [6.07, 6.45) is -0.649. The van der Waals surface area contributed by atoms with Crippen LogP contribution in [-0.4, -0.2) is 37.2 Å². The van der Waals surface area contributed by atoms with Crippen LogP contribution in [0.3, 0.4) is 0 Å². The van der Waals surface area contributed by atoms with Crippen molar-refractivity contribution >= 4 is 22.8 Å². The van der Waals surface area contributed by atoms with Gasteiger partial charge in [0.05, 0.1) is 7.11 Å². The van der Waals surface area contributed by atoms with Gasteiger partial charge in [-0.2, -0.15) is 0 Å². The van der Waals surface area contributed by atoms with Crippen LogP contribution in [0, 0.1) is 0 Å². The molecule has 0 aromatic rings. The Balaban J connectivity index is 3.83. The first-order valence-electron chi connectivity index (χ1n) is 3.35. The third-order valence-electron chi connectivity index (χ3n) is 1.19. The van der Waals surface area contributed by atoms with E-state index in [1.807, 2.05) is 0 Å². The van der Waals surface area contributed by atoms with Gasteiger partial charge in [-0.05, 0) is 0 Å². The van der Waals surface area contributed by atoms with Crippen LogP contribution in [0.1, 0.15) is 6.92 Å². The van der Waals surface area contributed by atoms with Gasteiger partial charge in [0, 0.05) is 19.8 Å². The second kappa shape index (κ2) is 6.02. The van der Waals surface area contributed by atoms with Crippen molar-refractivity contribution in [1.82, 2.24) is 0 Å². The molecule has 0 N–H and O–H groups in total. The summed E-state index contributed by atoms with van der Waals surface area (Å²) in [5.41, 5.74) is 0. The lowest BCUT2D eigenvalue weighted by molar-refractivity contribution is -0.150. The molecule has 0 saturated heterocycles. The molecule has 0 aromatic heterocycles. The average molecular weight is 192 g/mol. The molecule has 0 aliphatic heterocycles. The fourth-order valence-corrected chi connectivity index (χ4v) is 1.22. The van der Waals surface area contributed by atoms with E-state index in [0.29, 0.717) is 5.75 Å². The second-order valence-electron chi connectivity index (χ2n) is 2.05. The highest BCUT2D eigenvalue weighted by Crippen LogP contribution is 2.07. The third kappa shape index (κ3) is 4.35. The van der Waals surface area contributed by atoms with Gasteiger partial charge in [-0.15, -0.1) is 0 Å². The fourth-order valence-electron chi connectivity index (χ4n) is 0.557. The molecule has 12 heavy (non-hydrogen) atoms. The molecule has 0 aliphatic rings. The van der Waals surface area contributed by atoms with Gasteiger partial charge in [0.1, 0.15) is 0 Å². The minimum atomic E-state index is -0.649. The minimum Gasteiger partial charge on any atom is -0.467 e. The Kier molecular flexibility index (Phi) is 5.74. The molecule has 4 nitrogen and oxygen atoms in total. The molecule has 0 fully saturated rings. The van der Waals surface area contributed by atoms with Crippen molar-refractivity contribution in [2.45, 2.75) is 13.0 Å². The van der Waals surface area contributed by atoms with Crippen molar-refractivity contribution in [1.29, 1.82) is 0 Å². The number of esters is 1. The van der Waals surface area contributed by atoms with Crippen LogP contribution >= 0.6 is 11.8 Å². The highest BCUT2D eigenvalue weighted by molar-refractivity contribution is 8.13. The van der Waals surface area contributed by atoms with Gasteiger partial charge >= 0.3 is 5.97 Å². The topological polar surface area (TPSA) is 52.6 Å². The number of methoxy groups -OCH3 is 2. The molecule has 0 unspecified atom stereocenters. The van der Waals surface area contributed by atoms with Gasteiger partial charge in [-0.1, -0.05) is 11.8 Å². The van der Waals surface area contributed by atoms with Crippen molar-refractivity contribution in [2.24, 2.45) is 0 Å². The smallest absolute Gasteiger partial charge is 0.335 e. The standard InChI is InChI=1S/C7H12O4S/c1-5(8)12-4-6(10-2)7(9)11-3/h6H,4H2,1-3H3/t6-/m1/s1. The summed E-state index contributed by atoms with van der Waals surface area (Å²) < 4.78 is 9.25. The van der Waals surface area contributed by atoms with Crippen molar-refractivity contribution in [2.75, 3.05) is 20.0 Å². The highest BCUT2D eigenvalue weighted by Gasteiger charge is 2.18. The Bertz CT molecular complexity index is 169. The average Bonchev–Trinajstić information content (AvgIpc) is 2.04. The van der Waals surface area contributed by atoms with E-state index in [2.05, 4.69) is 4.74 Å². The quantitative estimate of drug-likeness (QED) is 0.605. The van der Waals surface area contributed by atoms with E-state index in [0.717, 1.165) is 11.8 Å². The van der Waals surface area contributed by atoms with Crippen LogP contribution in [0.4, 0.5) is 0 Å². The maximum Gasteiger partial charge on any atom is 0.335 e. The highest BCUT2D eigenvalue weighted by atomic mass is 32.2. The van der Waals surface area contributed by atoms with E-state index in [-0.39, 0.29) is 5.12 Å². The number of ether oxygens (including phenoxy) is 2. The normalized spacial score (nSPS) is 12.2. The molecule has 0 rings (SSSR count). The first-order chi connectivity index (χ1) is 5.61. The largest absolute Gasteiger partial charge is 0.467 e. The van der Waals surface area contributed by atoms with Crippen LogP contribution in [0.5, 0.6) is 0 Å². The number of thioether (sulfide) groups is 1. The van der Waals surface area contributed by atoms with Crippen LogP contribution in [0.15, 0.2) is 0 Å². The fraction of sp³-hybridized carbons (Fsp3) is 0.714. The van der Waals surface area contributed by atoms with Crippen LogP contribution in [-0.2, 0) is 19.1 Å². The zero-order valence-electron chi connectivity index (χ0n) is 7.33. The minimum absolute atomic E-state index is 0.0408. The van der Waals surface area contributed by atoms with E-state index in [9.17, 15) is 9.59 Å². The van der Waals surface area contributed by atoms with Gasteiger partial charge in [-0.25, -0.2) is 4.79 Å². The number of carbonyl (C=O) groups is 2. The molecule has 5 heteroatoms. The Morgan fingerprint density at radius 3 is 2.33 bits per heavy atom. The van der Waals surface area contributed by atoms with E-state index in [4.69, 9.17) is 4.74 Å². The van der Waals surface area contributed by atoms with Gasteiger partial charge < -0.3 is 9.47 Å². The van der Waals surface area contributed by atoms with Crippen LogP contribution < -0.4 is 0 Å². The number of hydrogen-bond acceptors (Lipinski definition) is 5. The summed E-state index contributed by atoms with van der Waals surface area (Å²) in [7, 11) is 2.69. The molecule has 0 amide bonds. The first kappa shape index (κ1) is 11.4. The van der Waals surface area contributed by atoms with Crippen molar-refractivity contribution < 1.29 is 19.1 Å². The number of hydrogen-bond donors (Lipinski definition) is 0. The van der Waals surface area contributed by atoms with Gasteiger partial charge in [0.2, 0.25) is 0 Å². The van der Waals surface area contributed by atoms with Crippen LogP contribution in [0.25, 0.3) is 0 Å². The maximum atomic E-state index is 10.9.